The van der Waals surface area contributed by atoms with Gasteiger partial charge >= 0.3 is 0 Å². The van der Waals surface area contributed by atoms with Crippen LogP contribution < -0.4 is 5.32 Å². The number of hydrogen-bond acceptors (Lipinski definition) is 2. The third kappa shape index (κ3) is 3.20. The summed E-state index contributed by atoms with van der Waals surface area (Å²) in [6.45, 7) is 6.55. The molecule has 1 amide bonds. The zero-order valence-electron chi connectivity index (χ0n) is 10.0. The lowest BCUT2D eigenvalue weighted by atomic mass is 9.89. The summed E-state index contributed by atoms with van der Waals surface area (Å²) >= 11 is 0. The van der Waals surface area contributed by atoms with Crippen LogP contribution in [-0.2, 0) is 4.79 Å². The molecule has 1 aliphatic rings. The number of hydrogen-bond donors (Lipinski definition) is 2. The molecule has 0 spiro atoms. The molecule has 1 aliphatic carbocycles. The molecule has 2 unspecified atom stereocenters. The van der Waals surface area contributed by atoms with E-state index in [4.69, 9.17) is 0 Å². The second-order valence-corrected chi connectivity index (χ2v) is 5.21. The lowest BCUT2D eigenvalue weighted by Gasteiger charge is -2.23. The van der Waals surface area contributed by atoms with Crippen molar-refractivity contribution >= 4 is 5.91 Å². The van der Waals surface area contributed by atoms with Crippen molar-refractivity contribution in [2.75, 3.05) is 6.54 Å². The Morgan fingerprint density at radius 1 is 1.47 bits per heavy atom. The van der Waals surface area contributed by atoms with Crippen LogP contribution in [0.5, 0.6) is 0 Å². The summed E-state index contributed by atoms with van der Waals surface area (Å²) in [4.78, 5) is 11.8. The van der Waals surface area contributed by atoms with Crippen LogP contribution in [0.2, 0.25) is 0 Å². The van der Waals surface area contributed by atoms with Crippen molar-refractivity contribution in [1.29, 1.82) is 0 Å². The van der Waals surface area contributed by atoms with Crippen LogP contribution in [0, 0.1) is 11.3 Å². The first kappa shape index (κ1) is 12.5. The van der Waals surface area contributed by atoms with Gasteiger partial charge in [0, 0.05) is 17.9 Å². The Morgan fingerprint density at radius 2 is 2.13 bits per heavy atom. The van der Waals surface area contributed by atoms with Crippen molar-refractivity contribution in [2.24, 2.45) is 11.3 Å². The molecule has 88 valence electrons. The summed E-state index contributed by atoms with van der Waals surface area (Å²) in [6.07, 6.45) is 3.63. The summed E-state index contributed by atoms with van der Waals surface area (Å²) in [6, 6.07) is 0. The molecule has 1 fully saturated rings. The van der Waals surface area contributed by atoms with Crippen LogP contribution in [0.15, 0.2) is 0 Å². The molecule has 0 aromatic rings. The molecular weight excluding hydrogens is 190 g/mol. The number of carbonyl (C=O) groups excluding carboxylic acids is 1. The number of carbonyl (C=O) groups is 1. The molecule has 0 aliphatic heterocycles. The van der Waals surface area contributed by atoms with Crippen molar-refractivity contribution in [1.82, 2.24) is 5.32 Å². The third-order valence-corrected chi connectivity index (χ3v) is 3.64. The number of nitrogens with one attached hydrogen (secondary N) is 1. The Balaban J connectivity index is 2.34. The van der Waals surface area contributed by atoms with Crippen molar-refractivity contribution in [2.45, 2.75) is 52.6 Å². The molecule has 3 nitrogen and oxygen atoms in total. The van der Waals surface area contributed by atoms with Crippen molar-refractivity contribution < 1.29 is 9.90 Å². The lowest BCUT2D eigenvalue weighted by molar-refractivity contribution is -0.129. The van der Waals surface area contributed by atoms with Crippen LogP contribution >= 0.6 is 0 Å². The van der Waals surface area contributed by atoms with Gasteiger partial charge in [0.2, 0.25) is 5.91 Å². The minimum Gasteiger partial charge on any atom is -0.393 e. The molecule has 0 aromatic heterocycles. The van der Waals surface area contributed by atoms with E-state index in [1.807, 2.05) is 20.8 Å². The molecule has 3 heteroatoms. The zero-order chi connectivity index (χ0) is 11.5. The Kier molecular flexibility index (Phi) is 4.14. The maximum atomic E-state index is 11.8. The molecule has 2 N–H and O–H groups in total. The molecule has 1 saturated carbocycles. The SMILES string of the molecule is CCC(C)(C)C(=O)NCC1CCCC1O. The van der Waals surface area contributed by atoms with Crippen molar-refractivity contribution in [3.8, 4) is 0 Å². The molecule has 0 saturated heterocycles. The summed E-state index contributed by atoms with van der Waals surface area (Å²) in [5, 5.41) is 12.6. The minimum atomic E-state index is -0.288. The van der Waals surface area contributed by atoms with E-state index in [2.05, 4.69) is 5.32 Å². The van der Waals surface area contributed by atoms with E-state index in [0.29, 0.717) is 6.54 Å². The maximum Gasteiger partial charge on any atom is 0.225 e. The van der Waals surface area contributed by atoms with Gasteiger partial charge in [-0.05, 0) is 19.3 Å². The minimum absolute atomic E-state index is 0.101. The van der Waals surface area contributed by atoms with Gasteiger partial charge in [-0.15, -0.1) is 0 Å². The number of rotatable bonds is 4. The molecular formula is C12H23NO2. The van der Waals surface area contributed by atoms with E-state index < -0.39 is 0 Å². The molecule has 2 atom stereocenters. The van der Waals surface area contributed by atoms with Crippen LogP contribution in [0.4, 0.5) is 0 Å². The predicted molar refractivity (Wildman–Crippen MR) is 60.4 cm³/mol. The van der Waals surface area contributed by atoms with Crippen LogP contribution in [0.3, 0.4) is 0 Å². The van der Waals surface area contributed by atoms with E-state index in [1.165, 1.54) is 0 Å². The average molecular weight is 213 g/mol. The highest BCUT2D eigenvalue weighted by Crippen LogP contribution is 2.25. The van der Waals surface area contributed by atoms with Crippen LogP contribution in [0.1, 0.15) is 46.5 Å². The molecule has 1 rings (SSSR count). The highest BCUT2D eigenvalue weighted by Gasteiger charge is 2.29. The fourth-order valence-corrected chi connectivity index (χ4v) is 1.88. The largest absolute Gasteiger partial charge is 0.393 e. The van der Waals surface area contributed by atoms with Gasteiger partial charge in [-0.1, -0.05) is 27.2 Å². The van der Waals surface area contributed by atoms with Crippen LogP contribution in [-0.4, -0.2) is 23.7 Å². The van der Waals surface area contributed by atoms with Gasteiger partial charge in [-0.25, -0.2) is 0 Å². The first-order valence-corrected chi connectivity index (χ1v) is 5.93. The Morgan fingerprint density at radius 3 is 2.60 bits per heavy atom. The monoisotopic (exact) mass is 213 g/mol. The Hall–Kier alpha value is -0.570. The average Bonchev–Trinajstić information content (AvgIpc) is 2.60. The first-order chi connectivity index (χ1) is 6.97. The van der Waals surface area contributed by atoms with E-state index in [0.717, 1.165) is 25.7 Å². The number of aliphatic hydroxyl groups excluding tert-OH is 1. The van der Waals surface area contributed by atoms with Gasteiger partial charge in [0.05, 0.1) is 6.10 Å². The summed E-state index contributed by atoms with van der Waals surface area (Å²) in [5.74, 6) is 0.366. The van der Waals surface area contributed by atoms with Gasteiger partial charge < -0.3 is 10.4 Å². The third-order valence-electron chi connectivity index (χ3n) is 3.64. The molecule has 0 aromatic carbocycles. The normalized spacial score (nSPS) is 26.7. The Bertz CT molecular complexity index is 226. The Labute approximate surface area is 92.3 Å². The summed E-state index contributed by atoms with van der Waals surface area (Å²) in [5.41, 5.74) is -0.288. The molecule has 15 heavy (non-hydrogen) atoms. The lowest BCUT2D eigenvalue weighted by Crippen LogP contribution is -2.40. The fourth-order valence-electron chi connectivity index (χ4n) is 1.88. The summed E-state index contributed by atoms with van der Waals surface area (Å²) in [7, 11) is 0. The highest BCUT2D eigenvalue weighted by molar-refractivity contribution is 5.81. The van der Waals surface area contributed by atoms with Crippen LogP contribution in [0.25, 0.3) is 0 Å². The van der Waals surface area contributed by atoms with Gasteiger partial charge in [-0.2, -0.15) is 0 Å². The first-order valence-electron chi connectivity index (χ1n) is 5.93. The zero-order valence-corrected chi connectivity index (χ0v) is 10.0. The van der Waals surface area contributed by atoms with Crippen molar-refractivity contribution in [3.63, 3.8) is 0 Å². The quantitative estimate of drug-likeness (QED) is 0.746. The second-order valence-electron chi connectivity index (χ2n) is 5.21. The van der Waals surface area contributed by atoms with Crippen molar-refractivity contribution in [3.05, 3.63) is 0 Å². The maximum absolute atomic E-state index is 11.8. The van der Waals surface area contributed by atoms with Gasteiger partial charge in [-0.3, -0.25) is 4.79 Å². The predicted octanol–water partition coefficient (Wildman–Crippen LogP) is 1.70. The van der Waals surface area contributed by atoms with Gasteiger partial charge in [0.15, 0.2) is 0 Å². The molecule has 0 bridgehead atoms. The van der Waals surface area contributed by atoms with Gasteiger partial charge in [0.1, 0.15) is 0 Å². The smallest absolute Gasteiger partial charge is 0.225 e. The standard InChI is InChI=1S/C12H23NO2/c1-4-12(2,3)11(15)13-8-9-6-5-7-10(9)14/h9-10,14H,4-8H2,1-3H3,(H,13,15). The van der Waals surface area contributed by atoms with Gasteiger partial charge in [0.25, 0.3) is 0 Å². The highest BCUT2D eigenvalue weighted by atomic mass is 16.3. The van der Waals surface area contributed by atoms with E-state index in [9.17, 15) is 9.90 Å². The molecule has 0 radical (unpaired) electrons. The second kappa shape index (κ2) is 4.97. The topological polar surface area (TPSA) is 49.3 Å². The van der Waals surface area contributed by atoms with E-state index in [1.54, 1.807) is 0 Å². The molecule has 0 heterocycles. The fraction of sp³-hybridized carbons (Fsp3) is 0.917. The summed E-state index contributed by atoms with van der Waals surface area (Å²) < 4.78 is 0. The van der Waals surface area contributed by atoms with E-state index in [-0.39, 0.29) is 23.3 Å². The number of amides is 1. The van der Waals surface area contributed by atoms with E-state index >= 15 is 0 Å². The number of aliphatic hydroxyl groups is 1.